The van der Waals surface area contributed by atoms with Gasteiger partial charge in [0.2, 0.25) is 0 Å². The Morgan fingerprint density at radius 3 is 2.58 bits per heavy atom. The Balaban J connectivity index is 2.14. The zero-order chi connectivity index (χ0) is 8.39. The Kier molecular flexibility index (Phi) is 1.74. The lowest BCUT2D eigenvalue weighted by atomic mass is 10.3. The van der Waals surface area contributed by atoms with E-state index in [1.165, 1.54) is 11.4 Å². The maximum Gasteiger partial charge on any atom is 0.0595 e. The number of hydrogen-bond donors (Lipinski definition) is 1. The molecule has 2 heteroatoms. The van der Waals surface area contributed by atoms with Crippen molar-refractivity contribution in [3.8, 4) is 0 Å². The van der Waals surface area contributed by atoms with E-state index in [0.717, 1.165) is 6.54 Å². The molecule has 0 unspecified atom stereocenters. The number of para-hydroxylation sites is 1. The van der Waals surface area contributed by atoms with E-state index in [0.29, 0.717) is 0 Å². The Bertz CT molecular complexity index is 290. The maximum absolute atomic E-state index is 3.26. The minimum atomic E-state index is 0.954. The monoisotopic (exact) mass is 160 g/mol. The van der Waals surface area contributed by atoms with Crippen molar-refractivity contribution in [2.75, 3.05) is 11.6 Å². The van der Waals surface area contributed by atoms with Gasteiger partial charge in [0.15, 0.2) is 0 Å². The van der Waals surface area contributed by atoms with Gasteiger partial charge in [-0.25, -0.2) is 0 Å². The number of rotatable bonds is 1. The highest BCUT2D eigenvalue weighted by molar-refractivity contribution is 5.47. The second-order valence-electron chi connectivity index (χ2n) is 2.95. The van der Waals surface area contributed by atoms with E-state index in [1.807, 2.05) is 18.2 Å². The third-order valence-electron chi connectivity index (χ3n) is 1.96. The summed E-state index contributed by atoms with van der Waals surface area (Å²) >= 11 is 0. The molecule has 12 heavy (non-hydrogen) atoms. The zero-order valence-electron chi connectivity index (χ0n) is 7.12. The van der Waals surface area contributed by atoms with Crippen LogP contribution in [0.2, 0.25) is 0 Å². The first-order chi connectivity index (χ1) is 5.86. The minimum Gasteiger partial charge on any atom is -0.303 e. The summed E-state index contributed by atoms with van der Waals surface area (Å²) in [5, 5.41) is 2.12. The molecule has 0 bridgehead atoms. The fourth-order valence-electron chi connectivity index (χ4n) is 1.31. The van der Waals surface area contributed by atoms with Crippen molar-refractivity contribution in [2.45, 2.75) is 6.92 Å². The molecule has 2 nitrogen and oxygen atoms in total. The lowest BCUT2D eigenvalue weighted by Gasteiger charge is -2.19. The average molecular weight is 160 g/mol. The molecule has 0 fully saturated rings. The van der Waals surface area contributed by atoms with Gasteiger partial charge in [-0.2, -0.15) is 0 Å². The molecule has 1 heterocycles. The molecule has 1 N–H and O–H groups in total. The number of benzene rings is 1. The topological polar surface area (TPSA) is 15.3 Å². The first-order valence-corrected chi connectivity index (χ1v) is 4.12. The van der Waals surface area contributed by atoms with Crippen molar-refractivity contribution in [2.24, 2.45) is 0 Å². The highest BCUT2D eigenvalue weighted by atomic mass is 15.5. The van der Waals surface area contributed by atoms with Crippen molar-refractivity contribution in [1.82, 2.24) is 5.43 Å². The first-order valence-electron chi connectivity index (χ1n) is 4.12. The predicted octanol–water partition coefficient (Wildman–Crippen LogP) is 1.92. The molecule has 1 aliphatic rings. The number of anilines is 1. The van der Waals surface area contributed by atoms with Gasteiger partial charge in [0.25, 0.3) is 0 Å². The van der Waals surface area contributed by atoms with Crippen molar-refractivity contribution in [3.63, 3.8) is 0 Å². The van der Waals surface area contributed by atoms with Gasteiger partial charge in [-0.05, 0) is 25.1 Å². The summed E-state index contributed by atoms with van der Waals surface area (Å²) in [6.07, 6.45) is 2.17. The quantitative estimate of drug-likeness (QED) is 0.675. The molecule has 0 saturated heterocycles. The van der Waals surface area contributed by atoms with E-state index in [9.17, 15) is 0 Å². The van der Waals surface area contributed by atoms with Crippen LogP contribution in [-0.4, -0.2) is 6.54 Å². The molecule has 1 aromatic carbocycles. The van der Waals surface area contributed by atoms with Crippen LogP contribution in [0.15, 0.2) is 42.1 Å². The Morgan fingerprint density at radius 2 is 2.00 bits per heavy atom. The van der Waals surface area contributed by atoms with Crippen LogP contribution in [0.5, 0.6) is 0 Å². The summed E-state index contributed by atoms with van der Waals surface area (Å²) in [4.78, 5) is 0. The summed E-state index contributed by atoms with van der Waals surface area (Å²) in [6.45, 7) is 3.03. The Morgan fingerprint density at radius 1 is 1.25 bits per heavy atom. The summed E-state index contributed by atoms with van der Waals surface area (Å²) in [5.74, 6) is 0. The van der Waals surface area contributed by atoms with E-state index in [4.69, 9.17) is 0 Å². The fourth-order valence-corrected chi connectivity index (χ4v) is 1.31. The van der Waals surface area contributed by atoms with Crippen LogP contribution in [0, 0.1) is 0 Å². The van der Waals surface area contributed by atoms with Gasteiger partial charge in [0, 0.05) is 5.70 Å². The average Bonchev–Trinajstić information content (AvgIpc) is 2.54. The molecule has 0 atom stereocenters. The smallest absolute Gasteiger partial charge is 0.0595 e. The first kappa shape index (κ1) is 7.22. The number of nitrogens with one attached hydrogen (secondary N) is 1. The molecule has 0 aromatic heterocycles. The lowest BCUT2D eigenvalue weighted by molar-refractivity contribution is 0.805. The van der Waals surface area contributed by atoms with Gasteiger partial charge >= 0.3 is 0 Å². The summed E-state index contributed by atoms with van der Waals surface area (Å²) in [6, 6.07) is 10.3. The molecule has 1 aliphatic heterocycles. The van der Waals surface area contributed by atoms with E-state index in [1.54, 1.807) is 0 Å². The molecular weight excluding hydrogens is 148 g/mol. The highest BCUT2D eigenvalue weighted by Gasteiger charge is 2.08. The second kappa shape index (κ2) is 2.89. The van der Waals surface area contributed by atoms with Crippen molar-refractivity contribution in [3.05, 3.63) is 42.1 Å². The van der Waals surface area contributed by atoms with Crippen LogP contribution in [-0.2, 0) is 0 Å². The molecule has 0 amide bonds. The molecule has 0 saturated carbocycles. The van der Waals surface area contributed by atoms with Crippen LogP contribution in [0.1, 0.15) is 6.92 Å². The third kappa shape index (κ3) is 1.28. The van der Waals surface area contributed by atoms with Crippen molar-refractivity contribution < 1.29 is 0 Å². The van der Waals surface area contributed by atoms with E-state index in [-0.39, 0.29) is 0 Å². The van der Waals surface area contributed by atoms with Crippen LogP contribution in [0.4, 0.5) is 5.69 Å². The van der Waals surface area contributed by atoms with Gasteiger partial charge in [-0.3, -0.25) is 5.01 Å². The van der Waals surface area contributed by atoms with Crippen LogP contribution in [0.3, 0.4) is 0 Å². The van der Waals surface area contributed by atoms with Gasteiger partial charge in [-0.1, -0.05) is 18.2 Å². The van der Waals surface area contributed by atoms with Crippen LogP contribution in [0.25, 0.3) is 0 Å². The fraction of sp³-hybridized carbons (Fsp3) is 0.200. The third-order valence-corrected chi connectivity index (χ3v) is 1.96. The SMILES string of the molecule is CC1=CCN(c2ccccc2)N1. The molecular formula is C10H12N2. The summed E-state index contributed by atoms with van der Waals surface area (Å²) in [5.41, 5.74) is 5.70. The standard InChI is InChI=1S/C10H12N2/c1-9-7-8-12(11-9)10-5-3-2-4-6-10/h2-7,11H,8H2,1H3. The van der Waals surface area contributed by atoms with Crippen LogP contribution >= 0.6 is 0 Å². The van der Waals surface area contributed by atoms with Crippen molar-refractivity contribution in [1.29, 1.82) is 0 Å². The van der Waals surface area contributed by atoms with E-state index < -0.39 is 0 Å². The highest BCUT2D eigenvalue weighted by Crippen LogP contribution is 2.14. The van der Waals surface area contributed by atoms with E-state index >= 15 is 0 Å². The zero-order valence-corrected chi connectivity index (χ0v) is 7.12. The predicted molar refractivity (Wildman–Crippen MR) is 50.7 cm³/mol. The number of hydrogen-bond acceptors (Lipinski definition) is 2. The normalized spacial score (nSPS) is 15.8. The lowest BCUT2D eigenvalue weighted by Crippen LogP contribution is -2.31. The molecule has 2 rings (SSSR count). The second-order valence-corrected chi connectivity index (χ2v) is 2.95. The van der Waals surface area contributed by atoms with Gasteiger partial charge in [-0.15, -0.1) is 0 Å². The number of hydrazine groups is 1. The molecule has 0 radical (unpaired) electrons. The number of allylic oxidation sites excluding steroid dienone is 1. The van der Waals surface area contributed by atoms with E-state index in [2.05, 4.69) is 35.6 Å². The molecule has 1 aromatic rings. The maximum atomic E-state index is 3.26. The Labute approximate surface area is 72.5 Å². The minimum absolute atomic E-state index is 0.954. The van der Waals surface area contributed by atoms with Crippen LogP contribution < -0.4 is 10.4 Å². The molecule has 62 valence electrons. The van der Waals surface area contributed by atoms with Gasteiger partial charge < -0.3 is 5.43 Å². The molecule has 0 spiro atoms. The largest absolute Gasteiger partial charge is 0.303 e. The van der Waals surface area contributed by atoms with Gasteiger partial charge in [0.05, 0.1) is 12.2 Å². The molecule has 0 aliphatic carbocycles. The number of nitrogens with zero attached hydrogens (tertiary/aromatic N) is 1. The summed E-state index contributed by atoms with van der Waals surface area (Å²) < 4.78 is 0. The van der Waals surface area contributed by atoms with Gasteiger partial charge in [0.1, 0.15) is 0 Å². The van der Waals surface area contributed by atoms with Crippen molar-refractivity contribution >= 4 is 5.69 Å². The summed E-state index contributed by atoms with van der Waals surface area (Å²) in [7, 11) is 0. The Hall–Kier alpha value is -1.44.